The highest BCUT2D eigenvalue weighted by Crippen LogP contribution is 2.15. The molecule has 2 aromatic carbocycles. The molecule has 6 nitrogen and oxygen atoms in total. The molecule has 26 heavy (non-hydrogen) atoms. The standard InChI is InChI=1S/C20H19N3O3/c1-14-11-19-22(12-15(24)13-26-16-7-3-2-4-8-16)20(25)17-9-5-6-10-18(17)23(19)21-14/h2-11,15,24H,12-13H2,1H3. The highest BCUT2D eigenvalue weighted by molar-refractivity contribution is 5.80. The maximum Gasteiger partial charge on any atom is 0.261 e. The van der Waals surface area contributed by atoms with E-state index < -0.39 is 6.10 Å². The van der Waals surface area contributed by atoms with Crippen LogP contribution in [0.1, 0.15) is 5.69 Å². The van der Waals surface area contributed by atoms with E-state index in [0.717, 1.165) is 11.2 Å². The average molecular weight is 349 g/mol. The van der Waals surface area contributed by atoms with Gasteiger partial charge in [0.2, 0.25) is 0 Å². The van der Waals surface area contributed by atoms with Crippen LogP contribution in [0.5, 0.6) is 5.75 Å². The predicted molar refractivity (Wildman–Crippen MR) is 99.6 cm³/mol. The first-order valence-electron chi connectivity index (χ1n) is 8.47. The Balaban J connectivity index is 1.68. The Morgan fingerprint density at radius 1 is 1.12 bits per heavy atom. The monoisotopic (exact) mass is 349 g/mol. The zero-order valence-corrected chi connectivity index (χ0v) is 14.4. The summed E-state index contributed by atoms with van der Waals surface area (Å²) in [4.78, 5) is 12.9. The van der Waals surface area contributed by atoms with E-state index in [2.05, 4.69) is 5.10 Å². The number of rotatable bonds is 5. The Hall–Kier alpha value is -3.12. The number of hydrogen-bond donors (Lipinski definition) is 1. The second-order valence-electron chi connectivity index (χ2n) is 6.27. The zero-order valence-electron chi connectivity index (χ0n) is 14.4. The van der Waals surface area contributed by atoms with E-state index in [1.165, 1.54) is 0 Å². The summed E-state index contributed by atoms with van der Waals surface area (Å²) in [6.07, 6.45) is -0.826. The fourth-order valence-corrected chi connectivity index (χ4v) is 3.09. The second-order valence-corrected chi connectivity index (χ2v) is 6.27. The summed E-state index contributed by atoms with van der Waals surface area (Å²) in [7, 11) is 0. The first kappa shape index (κ1) is 16.4. The van der Waals surface area contributed by atoms with Crippen LogP contribution in [0.25, 0.3) is 16.6 Å². The summed E-state index contributed by atoms with van der Waals surface area (Å²) in [5.41, 5.74) is 2.08. The number of ether oxygens (including phenoxy) is 1. The molecule has 2 aromatic heterocycles. The summed E-state index contributed by atoms with van der Waals surface area (Å²) < 4.78 is 8.90. The van der Waals surface area contributed by atoms with Gasteiger partial charge in [-0.25, -0.2) is 4.52 Å². The molecule has 4 rings (SSSR count). The van der Waals surface area contributed by atoms with Crippen LogP contribution in [0.3, 0.4) is 0 Å². The Morgan fingerprint density at radius 3 is 2.65 bits per heavy atom. The summed E-state index contributed by atoms with van der Waals surface area (Å²) in [6, 6.07) is 18.5. The van der Waals surface area contributed by atoms with Crippen molar-refractivity contribution in [3.05, 3.63) is 76.7 Å². The summed E-state index contributed by atoms with van der Waals surface area (Å²) in [5.74, 6) is 0.683. The van der Waals surface area contributed by atoms with Gasteiger partial charge in [-0.15, -0.1) is 0 Å². The maximum atomic E-state index is 12.9. The second kappa shape index (κ2) is 6.65. The van der Waals surface area contributed by atoms with Gasteiger partial charge in [-0.2, -0.15) is 5.10 Å². The first-order chi connectivity index (χ1) is 12.6. The minimum Gasteiger partial charge on any atom is -0.491 e. The molecule has 132 valence electrons. The van der Waals surface area contributed by atoms with Crippen LogP contribution in [0.15, 0.2) is 65.5 Å². The minimum atomic E-state index is -0.826. The van der Waals surface area contributed by atoms with Gasteiger partial charge in [-0.3, -0.25) is 9.36 Å². The fourth-order valence-electron chi connectivity index (χ4n) is 3.09. The molecule has 1 N–H and O–H groups in total. The van der Waals surface area contributed by atoms with E-state index >= 15 is 0 Å². The first-order valence-corrected chi connectivity index (χ1v) is 8.47. The molecule has 0 saturated carbocycles. The van der Waals surface area contributed by atoms with Crippen molar-refractivity contribution in [2.45, 2.75) is 19.6 Å². The molecule has 4 aromatic rings. The van der Waals surface area contributed by atoms with Crippen molar-refractivity contribution in [1.29, 1.82) is 0 Å². The van der Waals surface area contributed by atoms with Gasteiger partial charge in [0, 0.05) is 6.07 Å². The molecule has 0 amide bonds. The number of fused-ring (bicyclic) bond motifs is 3. The number of benzene rings is 2. The molecular weight excluding hydrogens is 330 g/mol. The Bertz CT molecular complexity index is 1120. The third kappa shape index (κ3) is 2.95. The molecule has 0 fully saturated rings. The van der Waals surface area contributed by atoms with Gasteiger partial charge in [-0.1, -0.05) is 30.3 Å². The summed E-state index contributed by atoms with van der Waals surface area (Å²) in [5, 5.41) is 15.5. The van der Waals surface area contributed by atoms with Gasteiger partial charge in [0.25, 0.3) is 5.56 Å². The maximum absolute atomic E-state index is 12.9. The molecule has 1 unspecified atom stereocenters. The van der Waals surface area contributed by atoms with Crippen molar-refractivity contribution in [1.82, 2.24) is 14.2 Å². The van der Waals surface area contributed by atoms with Crippen molar-refractivity contribution in [2.75, 3.05) is 6.61 Å². The SMILES string of the molecule is Cc1cc2n(CC(O)COc3ccccc3)c(=O)c3ccccc3n2n1. The molecule has 0 saturated heterocycles. The van der Waals surface area contributed by atoms with E-state index in [9.17, 15) is 9.90 Å². The predicted octanol–water partition coefficient (Wildman–Crippen LogP) is 2.40. The van der Waals surface area contributed by atoms with Crippen molar-refractivity contribution in [3.63, 3.8) is 0 Å². The smallest absolute Gasteiger partial charge is 0.261 e. The molecule has 1 atom stereocenters. The molecule has 0 radical (unpaired) electrons. The molecule has 6 heteroatoms. The van der Waals surface area contributed by atoms with E-state index in [1.54, 1.807) is 15.1 Å². The third-order valence-electron chi connectivity index (χ3n) is 4.28. The molecule has 2 heterocycles. The Labute approximate surface area is 149 Å². The van der Waals surface area contributed by atoms with Crippen LogP contribution < -0.4 is 10.3 Å². The molecule has 0 aliphatic carbocycles. The minimum absolute atomic E-state index is 0.0998. The van der Waals surface area contributed by atoms with E-state index in [4.69, 9.17) is 4.74 Å². The van der Waals surface area contributed by atoms with Crippen molar-refractivity contribution < 1.29 is 9.84 Å². The number of aromatic nitrogens is 3. The van der Waals surface area contributed by atoms with Crippen molar-refractivity contribution in [3.8, 4) is 5.75 Å². The number of aryl methyl sites for hydroxylation is 1. The van der Waals surface area contributed by atoms with Crippen LogP contribution in [-0.4, -0.2) is 32.0 Å². The van der Waals surface area contributed by atoms with Crippen LogP contribution >= 0.6 is 0 Å². The number of aliphatic hydroxyl groups is 1. The van der Waals surface area contributed by atoms with Gasteiger partial charge in [0.05, 0.1) is 23.1 Å². The number of hydrogen-bond acceptors (Lipinski definition) is 4. The molecule has 0 spiro atoms. The third-order valence-corrected chi connectivity index (χ3v) is 4.28. The van der Waals surface area contributed by atoms with Gasteiger partial charge < -0.3 is 9.84 Å². The molecular formula is C20H19N3O3. The highest BCUT2D eigenvalue weighted by Gasteiger charge is 2.15. The largest absolute Gasteiger partial charge is 0.491 e. The topological polar surface area (TPSA) is 68.8 Å². The van der Waals surface area contributed by atoms with Gasteiger partial charge >= 0.3 is 0 Å². The van der Waals surface area contributed by atoms with Crippen LogP contribution in [-0.2, 0) is 6.54 Å². The number of aliphatic hydroxyl groups excluding tert-OH is 1. The summed E-state index contributed by atoms with van der Waals surface area (Å²) in [6.45, 7) is 2.11. The lowest BCUT2D eigenvalue weighted by molar-refractivity contribution is 0.0925. The van der Waals surface area contributed by atoms with Crippen LogP contribution in [0, 0.1) is 6.92 Å². The molecule has 0 aliphatic rings. The van der Waals surface area contributed by atoms with E-state index in [-0.39, 0.29) is 18.7 Å². The summed E-state index contributed by atoms with van der Waals surface area (Å²) >= 11 is 0. The van der Waals surface area contributed by atoms with Crippen LogP contribution in [0.4, 0.5) is 0 Å². The van der Waals surface area contributed by atoms with E-state index in [1.807, 2.05) is 61.5 Å². The Morgan fingerprint density at radius 2 is 1.85 bits per heavy atom. The van der Waals surface area contributed by atoms with E-state index in [0.29, 0.717) is 16.8 Å². The molecule has 0 aliphatic heterocycles. The normalized spacial score (nSPS) is 12.5. The average Bonchev–Trinajstić information content (AvgIpc) is 3.06. The zero-order chi connectivity index (χ0) is 18.1. The number of para-hydroxylation sites is 2. The lowest BCUT2D eigenvalue weighted by atomic mass is 10.2. The highest BCUT2D eigenvalue weighted by atomic mass is 16.5. The van der Waals surface area contributed by atoms with Gasteiger partial charge in [-0.05, 0) is 31.2 Å². The van der Waals surface area contributed by atoms with Crippen LogP contribution in [0.2, 0.25) is 0 Å². The van der Waals surface area contributed by atoms with Crippen molar-refractivity contribution >= 4 is 16.6 Å². The lowest BCUT2D eigenvalue weighted by Gasteiger charge is -2.16. The lowest BCUT2D eigenvalue weighted by Crippen LogP contribution is -2.31. The van der Waals surface area contributed by atoms with Crippen molar-refractivity contribution in [2.24, 2.45) is 0 Å². The number of nitrogens with zero attached hydrogens (tertiary/aromatic N) is 3. The quantitative estimate of drug-likeness (QED) is 0.601. The molecule has 0 bridgehead atoms. The van der Waals surface area contributed by atoms with Gasteiger partial charge in [0.15, 0.2) is 0 Å². The fraction of sp³-hybridized carbons (Fsp3) is 0.200. The van der Waals surface area contributed by atoms with Gasteiger partial charge in [0.1, 0.15) is 24.1 Å². The Kier molecular flexibility index (Phi) is 4.18.